The molecule has 0 amide bonds. The maximum absolute atomic E-state index is 13.5. The molecule has 2 unspecified atom stereocenters. The van der Waals surface area contributed by atoms with Crippen molar-refractivity contribution in [3.63, 3.8) is 0 Å². The number of sulfonamides is 1. The fourth-order valence-corrected chi connectivity index (χ4v) is 5.37. The van der Waals surface area contributed by atoms with Crippen molar-refractivity contribution in [2.45, 2.75) is 48.8 Å². The van der Waals surface area contributed by atoms with Gasteiger partial charge in [0.25, 0.3) is 0 Å². The first-order chi connectivity index (χ1) is 9.41. The number of aliphatic hydroxyl groups is 1. The molecule has 2 heterocycles. The number of rotatable bonds is 2. The number of hydrogen-bond acceptors (Lipinski definition) is 4. The Morgan fingerprint density at radius 2 is 1.85 bits per heavy atom. The van der Waals surface area contributed by atoms with Gasteiger partial charge in [-0.25, -0.2) is 12.8 Å². The van der Waals surface area contributed by atoms with Gasteiger partial charge in [0, 0.05) is 12.1 Å². The average molecular weight is 300 g/mol. The zero-order valence-electron chi connectivity index (χ0n) is 10.9. The SMILES string of the molecule is Nc1c(F)cccc1S(=O)(=O)N1C2CCC1CC(O)C2. The average Bonchev–Trinajstić information content (AvgIpc) is 2.66. The number of anilines is 1. The standard InChI is InChI=1S/C13H17FN2O3S/c14-11-2-1-3-12(13(11)15)20(18,19)16-8-4-5-9(16)7-10(17)6-8/h1-3,8-10,17H,4-7,15H2. The van der Waals surface area contributed by atoms with Crippen molar-refractivity contribution in [1.29, 1.82) is 0 Å². The lowest BCUT2D eigenvalue weighted by Gasteiger charge is -2.36. The van der Waals surface area contributed by atoms with Crippen molar-refractivity contribution in [3.8, 4) is 0 Å². The Labute approximate surface area is 117 Å². The zero-order chi connectivity index (χ0) is 14.5. The van der Waals surface area contributed by atoms with E-state index in [0.29, 0.717) is 12.8 Å². The Kier molecular flexibility index (Phi) is 3.23. The number of benzene rings is 1. The second-order valence-corrected chi connectivity index (χ2v) is 7.31. The van der Waals surface area contributed by atoms with Crippen LogP contribution in [0.2, 0.25) is 0 Å². The van der Waals surface area contributed by atoms with E-state index in [1.165, 1.54) is 16.4 Å². The molecule has 2 aliphatic heterocycles. The Hall–Kier alpha value is -1.18. The van der Waals surface area contributed by atoms with Crippen LogP contribution in [0.15, 0.2) is 23.1 Å². The number of halogens is 1. The highest BCUT2D eigenvalue weighted by molar-refractivity contribution is 7.89. The van der Waals surface area contributed by atoms with E-state index in [0.717, 1.165) is 18.9 Å². The van der Waals surface area contributed by atoms with Crippen LogP contribution in [-0.4, -0.2) is 36.0 Å². The molecular weight excluding hydrogens is 283 g/mol. The monoisotopic (exact) mass is 300 g/mol. The summed E-state index contributed by atoms with van der Waals surface area (Å²) in [5.41, 5.74) is 5.25. The normalized spacial score (nSPS) is 30.6. The van der Waals surface area contributed by atoms with Crippen molar-refractivity contribution in [1.82, 2.24) is 4.31 Å². The van der Waals surface area contributed by atoms with E-state index in [9.17, 15) is 17.9 Å². The lowest BCUT2D eigenvalue weighted by atomic mass is 10.0. The van der Waals surface area contributed by atoms with Crippen LogP contribution < -0.4 is 5.73 Å². The third-order valence-electron chi connectivity index (χ3n) is 4.21. The van der Waals surface area contributed by atoms with E-state index in [4.69, 9.17) is 5.73 Å². The molecule has 3 rings (SSSR count). The number of hydrogen-bond donors (Lipinski definition) is 2. The van der Waals surface area contributed by atoms with Gasteiger partial charge in [-0.3, -0.25) is 0 Å². The van der Waals surface area contributed by atoms with E-state index < -0.39 is 21.9 Å². The summed E-state index contributed by atoms with van der Waals surface area (Å²) in [4.78, 5) is -0.175. The van der Waals surface area contributed by atoms with Gasteiger partial charge in [-0.2, -0.15) is 4.31 Å². The van der Waals surface area contributed by atoms with E-state index in [-0.39, 0.29) is 22.7 Å². The highest BCUT2D eigenvalue weighted by Crippen LogP contribution is 2.40. The first-order valence-electron chi connectivity index (χ1n) is 6.67. The maximum Gasteiger partial charge on any atom is 0.245 e. The zero-order valence-corrected chi connectivity index (χ0v) is 11.7. The van der Waals surface area contributed by atoms with Crippen LogP contribution in [0.4, 0.5) is 10.1 Å². The molecule has 0 radical (unpaired) electrons. The Morgan fingerprint density at radius 1 is 1.25 bits per heavy atom. The first-order valence-corrected chi connectivity index (χ1v) is 8.11. The molecule has 0 saturated carbocycles. The summed E-state index contributed by atoms with van der Waals surface area (Å²) in [5, 5.41) is 9.74. The van der Waals surface area contributed by atoms with Crippen molar-refractivity contribution >= 4 is 15.7 Å². The highest BCUT2D eigenvalue weighted by Gasteiger charge is 2.47. The number of nitrogen functional groups attached to an aromatic ring is 1. The fraction of sp³-hybridized carbons (Fsp3) is 0.538. The molecule has 2 aliphatic rings. The van der Waals surface area contributed by atoms with Gasteiger partial charge in [-0.15, -0.1) is 0 Å². The van der Waals surface area contributed by atoms with Gasteiger partial charge in [-0.05, 0) is 37.8 Å². The van der Waals surface area contributed by atoms with Gasteiger partial charge >= 0.3 is 0 Å². The van der Waals surface area contributed by atoms with Crippen LogP contribution >= 0.6 is 0 Å². The lowest BCUT2D eigenvalue weighted by molar-refractivity contribution is 0.0769. The second kappa shape index (κ2) is 4.68. The van der Waals surface area contributed by atoms with Gasteiger partial charge in [0.05, 0.1) is 11.8 Å². The number of aliphatic hydroxyl groups excluding tert-OH is 1. The van der Waals surface area contributed by atoms with Crippen molar-refractivity contribution in [2.75, 3.05) is 5.73 Å². The van der Waals surface area contributed by atoms with Crippen molar-refractivity contribution in [2.24, 2.45) is 0 Å². The predicted molar refractivity (Wildman–Crippen MR) is 71.9 cm³/mol. The third-order valence-corrected chi connectivity index (χ3v) is 6.27. The summed E-state index contributed by atoms with van der Waals surface area (Å²) < 4.78 is 40.4. The van der Waals surface area contributed by atoms with Crippen molar-refractivity contribution < 1.29 is 17.9 Å². The van der Waals surface area contributed by atoms with E-state index in [1.54, 1.807) is 0 Å². The summed E-state index contributed by atoms with van der Waals surface area (Å²) in [6, 6.07) is 3.40. The summed E-state index contributed by atoms with van der Waals surface area (Å²) in [6.07, 6.45) is 1.88. The minimum Gasteiger partial charge on any atom is -0.395 e. The highest BCUT2D eigenvalue weighted by atomic mass is 32.2. The Morgan fingerprint density at radius 3 is 2.45 bits per heavy atom. The topological polar surface area (TPSA) is 83.6 Å². The van der Waals surface area contributed by atoms with Gasteiger partial charge in [0.2, 0.25) is 10.0 Å². The van der Waals surface area contributed by atoms with Crippen LogP contribution in [0, 0.1) is 5.82 Å². The molecule has 1 aromatic rings. The second-order valence-electron chi connectivity index (χ2n) is 5.50. The van der Waals surface area contributed by atoms with Crippen LogP contribution in [0.1, 0.15) is 25.7 Å². The van der Waals surface area contributed by atoms with Crippen molar-refractivity contribution in [3.05, 3.63) is 24.0 Å². The van der Waals surface area contributed by atoms with Gasteiger partial charge < -0.3 is 10.8 Å². The molecule has 2 bridgehead atoms. The van der Waals surface area contributed by atoms with E-state index >= 15 is 0 Å². The predicted octanol–water partition coefficient (Wildman–Crippen LogP) is 1.08. The molecule has 0 aromatic heterocycles. The van der Waals surface area contributed by atoms with Gasteiger partial charge in [-0.1, -0.05) is 6.07 Å². The van der Waals surface area contributed by atoms with Crippen LogP contribution in [0.25, 0.3) is 0 Å². The molecule has 2 saturated heterocycles. The summed E-state index contributed by atoms with van der Waals surface area (Å²) in [7, 11) is -3.82. The first kappa shape index (κ1) is 13.8. The molecule has 5 nitrogen and oxygen atoms in total. The largest absolute Gasteiger partial charge is 0.395 e. The molecule has 0 spiro atoms. The van der Waals surface area contributed by atoms with E-state index in [1.807, 2.05) is 0 Å². The Bertz CT molecular complexity index is 621. The number of nitrogens with zero attached hydrogens (tertiary/aromatic N) is 1. The number of para-hydroxylation sites is 1. The molecular formula is C13H17FN2O3S. The fourth-order valence-electron chi connectivity index (χ4n) is 3.35. The molecule has 2 fully saturated rings. The molecule has 3 N–H and O–H groups in total. The Balaban J connectivity index is 2.03. The molecule has 0 aliphatic carbocycles. The minimum absolute atomic E-state index is 0.175. The summed E-state index contributed by atoms with van der Waals surface area (Å²) >= 11 is 0. The molecule has 20 heavy (non-hydrogen) atoms. The van der Waals surface area contributed by atoms with E-state index in [2.05, 4.69) is 0 Å². The number of fused-ring (bicyclic) bond motifs is 2. The van der Waals surface area contributed by atoms with Gasteiger partial charge in [0.1, 0.15) is 10.7 Å². The summed E-state index contributed by atoms with van der Waals surface area (Å²) in [5.74, 6) is -0.726. The lowest BCUT2D eigenvalue weighted by Crippen LogP contribution is -2.48. The molecule has 1 aromatic carbocycles. The molecule has 7 heteroatoms. The number of piperidine rings is 1. The smallest absolute Gasteiger partial charge is 0.245 e. The minimum atomic E-state index is -3.82. The number of nitrogens with two attached hydrogens (primary N) is 1. The van der Waals surface area contributed by atoms with Crippen LogP contribution in [0.5, 0.6) is 0 Å². The third kappa shape index (κ3) is 2.01. The molecule has 110 valence electrons. The van der Waals surface area contributed by atoms with Crippen LogP contribution in [0.3, 0.4) is 0 Å². The maximum atomic E-state index is 13.5. The summed E-state index contributed by atoms with van der Waals surface area (Å²) in [6.45, 7) is 0. The molecule has 2 atom stereocenters. The quantitative estimate of drug-likeness (QED) is 0.801. The van der Waals surface area contributed by atoms with Crippen LogP contribution in [-0.2, 0) is 10.0 Å². The van der Waals surface area contributed by atoms with Gasteiger partial charge in [0.15, 0.2) is 0 Å².